The van der Waals surface area contributed by atoms with E-state index in [0.29, 0.717) is 6.54 Å². The van der Waals surface area contributed by atoms with Gasteiger partial charge in [-0.3, -0.25) is 4.79 Å². The maximum Gasteiger partial charge on any atom is 0.286 e. The molecule has 1 heterocycles. The van der Waals surface area contributed by atoms with Crippen molar-refractivity contribution in [2.45, 2.75) is 13.5 Å². The second kappa shape index (κ2) is 5.35. The van der Waals surface area contributed by atoms with E-state index >= 15 is 0 Å². The molecule has 0 N–H and O–H groups in total. The zero-order valence-electron chi connectivity index (χ0n) is 9.43. The smallest absolute Gasteiger partial charge is 0.286 e. The summed E-state index contributed by atoms with van der Waals surface area (Å²) in [4.78, 5) is 16.1. The molecule has 2 aromatic rings. The number of carbonyl (C=O) groups is 1. The van der Waals surface area contributed by atoms with Gasteiger partial charge in [0, 0.05) is 22.1 Å². The van der Waals surface area contributed by atoms with E-state index in [1.54, 1.807) is 10.9 Å². The second-order valence-electron chi connectivity index (χ2n) is 3.80. The van der Waals surface area contributed by atoms with Crippen LogP contribution < -0.4 is 4.57 Å². The van der Waals surface area contributed by atoms with Crippen LogP contribution in [0.25, 0.3) is 0 Å². The second-order valence-corrected chi connectivity index (χ2v) is 5.05. The van der Waals surface area contributed by atoms with Crippen molar-refractivity contribution in [3.05, 3.63) is 57.7 Å². The Bertz CT molecular complexity index is 520. The van der Waals surface area contributed by atoms with Crippen molar-refractivity contribution in [3.63, 3.8) is 0 Å². The van der Waals surface area contributed by atoms with E-state index in [-0.39, 0.29) is 5.78 Å². The van der Waals surface area contributed by atoms with Crippen molar-refractivity contribution in [3.8, 4) is 0 Å². The molecule has 0 unspecified atom stereocenters. The Kier molecular flexibility index (Phi) is 3.83. The molecule has 3 nitrogen and oxygen atoms in total. The van der Waals surface area contributed by atoms with Gasteiger partial charge in [0.15, 0.2) is 12.2 Å². The summed E-state index contributed by atoms with van der Waals surface area (Å²) in [6.45, 7) is 2.25. The molecular formula is C13H12IN2O+. The highest BCUT2D eigenvalue weighted by Gasteiger charge is 2.09. The van der Waals surface area contributed by atoms with Gasteiger partial charge < -0.3 is 0 Å². The molecule has 0 saturated heterocycles. The molecule has 0 spiro atoms. The molecule has 86 valence electrons. The quantitative estimate of drug-likeness (QED) is 0.488. The Labute approximate surface area is 114 Å². The normalized spacial score (nSPS) is 10.2. The molecule has 0 bridgehead atoms. The monoisotopic (exact) mass is 339 g/mol. The molecule has 0 amide bonds. The van der Waals surface area contributed by atoms with Crippen LogP contribution in [0.15, 0.2) is 42.9 Å². The van der Waals surface area contributed by atoms with Gasteiger partial charge in [0.2, 0.25) is 5.78 Å². The van der Waals surface area contributed by atoms with Crippen molar-refractivity contribution >= 4 is 28.4 Å². The zero-order chi connectivity index (χ0) is 12.3. The minimum Gasteiger partial charge on any atom is -0.290 e. The lowest BCUT2D eigenvalue weighted by Crippen LogP contribution is -2.37. The summed E-state index contributed by atoms with van der Waals surface area (Å²) in [6, 6.07) is 9.47. The number of nitrogens with zero attached hydrogens (tertiary/aromatic N) is 2. The number of ketones is 1. The van der Waals surface area contributed by atoms with Crippen molar-refractivity contribution in [2.75, 3.05) is 0 Å². The molecule has 0 saturated carbocycles. The number of hydrogen-bond acceptors (Lipinski definition) is 2. The average molecular weight is 339 g/mol. The van der Waals surface area contributed by atoms with E-state index in [4.69, 9.17) is 0 Å². The molecule has 17 heavy (non-hydrogen) atoms. The first-order chi connectivity index (χ1) is 8.15. The van der Waals surface area contributed by atoms with Gasteiger partial charge in [0.25, 0.3) is 6.33 Å². The summed E-state index contributed by atoms with van der Waals surface area (Å²) in [7, 11) is 0. The predicted molar refractivity (Wildman–Crippen MR) is 72.7 cm³/mol. The van der Waals surface area contributed by atoms with Gasteiger partial charge >= 0.3 is 0 Å². The minimum absolute atomic E-state index is 0.0945. The van der Waals surface area contributed by atoms with Crippen molar-refractivity contribution in [1.82, 2.24) is 4.98 Å². The number of carbonyl (C=O) groups excluding carboxylic acids is 1. The molecule has 0 aliphatic rings. The van der Waals surface area contributed by atoms with Gasteiger partial charge in [-0.05, 0) is 34.7 Å². The number of halogens is 1. The van der Waals surface area contributed by atoms with Crippen LogP contribution in [0.4, 0.5) is 0 Å². The van der Waals surface area contributed by atoms with Crippen LogP contribution >= 0.6 is 22.6 Å². The fourth-order valence-electron chi connectivity index (χ4n) is 1.44. The maximum atomic E-state index is 12.0. The Morgan fingerprint density at radius 3 is 2.59 bits per heavy atom. The van der Waals surface area contributed by atoms with Gasteiger partial charge in [0.1, 0.15) is 0 Å². The first kappa shape index (κ1) is 12.2. The summed E-state index contributed by atoms with van der Waals surface area (Å²) in [6.07, 6.45) is 3.55. The molecule has 1 aromatic heterocycles. The third-order valence-electron chi connectivity index (χ3n) is 2.41. The number of rotatable bonds is 3. The molecule has 1 aromatic carbocycles. The van der Waals surface area contributed by atoms with Gasteiger partial charge in [-0.1, -0.05) is 17.1 Å². The Morgan fingerprint density at radius 2 is 2.00 bits per heavy atom. The summed E-state index contributed by atoms with van der Waals surface area (Å²) < 4.78 is 2.91. The Balaban J connectivity index is 2.11. The fraction of sp³-hybridized carbons (Fsp3) is 0.154. The first-order valence-corrected chi connectivity index (χ1v) is 6.33. The summed E-state index contributed by atoms with van der Waals surface area (Å²) in [5.74, 6) is 0.0945. The van der Waals surface area contributed by atoms with Crippen LogP contribution in [0, 0.1) is 10.5 Å². The van der Waals surface area contributed by atoms with E-state index in [2.05, 4.69) is 27.6 Å². The van der Waals surface area contributed by atoms with Crippen molar-refractivity contribution in [2.24, 2.45) is 0 Å². The topological polar surface area (TPSA) is 33.8 Å². The average Bonchev–Trinajstić information content (AvgIpc) is 2.33. The van der Waals surface area contributed by atoms with Gasteiger partial charge in [-0.2, -0.15) is 0 Å². The van der Waals surface area contributed by atoms with Crippen LogP contribution in [-0.2, 0) is 6.54 Å². The van der Waals surface area contributed by atoms with Crippen LogP contribution in [-0.4, -0.2) is 10.8 Å². The number of aryl methyl sites for hydroxylation is 1. The SMILES string of the molecule is Cc1cc[n+](CC(=O)c2ccc(I)cc2)cn1. The third-order valence-corrected chi connectivity index (χ3v) is 3.13. The van der Waals surface area contributed by atoms with Crippen LogP contribution in [0.3, 0.4) is 0 Å². The van der Waals surface area contributed by atoms with E-state index in [1.165, 1.54) is 0 Å². The van der Waals surface area contributed by atoms with Gasteiger partial charge in [0.05, 0.1) is 6.20 Å². The number of Topliss-reactive ketones (excluding diaryl/α,β-unsaturated/α-hetero) is 1. The standard InChI is InChI=1S/C13H12IN2O/c1-10-6-7-16(9-15-10)8-13(17)11-2-4-12(14)5-3-11/h2-7,9H,8H2,1H3/q+1. The minimum atomic E-state index is 0.0945. The molecule has 0 fully saturated rings. The highest BCUT2D eigenvalue weighted by atomic mass is 127. The number of aromatic nitrogens is 2. The Hall–Kier alpha value is -1.30. The molecule has 4 heteroatoms. The van der Waals surface area contributed by atoms with Crippen LogP contribution in [0.2, 0.25) is 0 Å². The molecule has 0 atom stereocenters. The Morgan fingerprint density at radius 1 is 1.29 bits per heavy atom. The van der Waals surface area contributed by atoms with Gasteiger partial charge in [-0.15, -0.1) is 0 Å². The highest BCUT2D eigenvalue weighted by Crippen LogP contribution is 2.07. The number of benzene rings is 1. The largest absolute Gasteiger partial charge is 0.290 e. The van der Waals surface area contributed by atoms with E-state index in [9.17, 15) is 4.79 Å². The fourth-order valence-corrected chi connectivity index (χ4v) is 1.80. The lowest BCUT2D eigenvalue weighted by molar-refractivity contribution is -0.686. The lowest BCUT2D eigenvalue weighted by atomic mass is 10.1. The highest BCUT2D eigenvalue weighted by molar-refractivity contribution is 14.1. The van der Waals surface area contributed by atoms with E-state index < -0.39 is 0 Å². The van der Waals surface area contributed by atoms with Crippen LogP contribution in [0.5, 0.6) is 0 Å². The summed E-state index contributed by atoms with van der Waals surface area (Å²) in [5, 5.41) is 0. The van der Waals surface area contributed by atoms with Crippen LogP contribution in [0.1, 0.15) is 16.1 Å². The molecule has 0 aliphatic heterocycles. The van der Waals surface area contributed by atoms with Crippen molar-refractivity contribution < 1.29 is 9.36 Å². The predicted octanol–water partition coefficient (Wildman–Crippen LogP) is 2.17. The zero-order valence-corrected chi connectivity index (χ0v) is 11.6. The van der Waals surface area contributed by atoms with E-state index in [1.807, 2.05) is 43.5 Å². The third kappa shape index (κ3) is 3.33. The molecule has 2 rings (SSSR count). The van der Waals surface area contributed by atoms with E-state index in [0.717, 1.165) is 14.8 Å². The molecular weight excluding hydrogens is 327 g/mol. The lowest BCUT2D eigenvalue weighted by Gasteiger charge is -2.00. The maximum absolute atomic E-state index is 12.0. The summed E-state index contributed by atoms with van der Waals surface area (Å²) >= 11 is 2.22. The summed E-state index contributed by atoms with van der Waals surface area (Å²) in [5.41, 5.74) is 1.68. The van der Waals surface area contributed by atoms with Gasteiger partial charge in [-0.25, -0.2) is 4.57 Å². The molecule has 0 aliphatic carbocycles. The first-order valence-electron chi connectivity index (χ1n) is 5.25. The number of hydrogen-bond donors (Lipinski definition) is 0. The van der Waals surface area contributed by atoms with Crippen molar-refractivity contribution in [1.29, 1.82) is 0 Å². The molecule has 0 radical (unpaired) electrons.